The Morgan fingerprint density at radius 2 is 1.78 bits per heavy atom. The summed E-state index contributed by atoms with van der Waals surface area (Å²) in [5.74, 6) is 0.00317. The molecule has 0 spiro atoms. The van der Waals surface area contributed by atoms with Crippen molar-refractivity contribution in [3.05, 3.63) is 64.7 Å². The average Bonchev–Trinajstić information content (AvgIpc) is 2.55. The van der Waals surface area contributed by atoms with Crippen molar-refractivity contribution in [3.63, 3.8) is 0 Å². The van der Waals surface area contributed by atoms with Crippen molar-refractivity contribution < 1.29 is 18.0 Å². The summed E-state index contributed by atoms with van der Waals surface area (Å²) in [6, 6.07) is 10.1. The number of carbonyl (C=O) groups is 1. The second kappa shape index (κ2) is 8.57. The normalized spacial score (nSPS) is 11.9. The molecule has 1 amide bonds. The first-order chi connectivity index (χ1) is 12.6. The SMILES string of the molecule is CC(C)Cc1cc(C(=O)Nc2cccc(C(F)(F)F)c2)ccc1CN(C)C. The van der Waals surface area contributed by atoms with E-state index < -0.39 is 17.6 Å². The van der Waals surface area contributed by atoms with E-state index in [4.69, 9.17) is 0 Å². The average molecular weight is 378 g/mol. The van der Waals surface area contributed by atoms with Crippen molar-refractivity contribution in [3.8, 4) is 0 Å². The summed E-state index contributed by atoms with van der Waals surface area (Å²) in [5.41, 5.74) is 1.99. The van der Waals surface area contributed by atoms with E-state index in [-0.39, 0.29) is 5.69 Å². The maximum absolute atomic E-state index is 12.8. The van der Waals surface area contributed by atoms with Crippen molar-refractivity contribution in [1.82, 2.24) is 4.90 Å². The van der Waals surface area contributed by atoms with Gasteiger partial charge in [-0.1, -0.05) is 26.0 Å². The van der Waals surface area contributed by atoms with E-state index in [1.807, 2.05) is 26.2 Å². The lowest BCUT2D eigenvalue weighted by molar-refractivity contribution is -0.137. The van der Waals surface area contributed by atoms with E-state index in [2.05, 4.69) is 24.1 Å². The number of hydrogen-bond acceptors (Lipinski definition) is 2. The van der Waals surface area contributed by atoms with Gasteiger partial charge in [-0.05, 0) is 67.9 Å². The molecule has 2 aromatic carbocycles. The fourth-order valence-corrected chi connectivity index (χ4v) is 2.87. The van der Waals surface area contributed by atoms with E-state index >= 15 is 0 Å². The summed E-state index contributed by atoms with van der Waals surface area (Å²) >= 11 is 0. The Labute approximate surface area is 158 Å². The number of rotatable bonds is 6. The first-order valence-electron chi connectivity index (χ1n) is 8.81. The fraction of sp³-hybridized carbons (Fsp3) is 0.381. The van der Waals surface area contributed by atoms with Crippen LogP contribution in [0.4, 0.5) is 18.9 Å². The van der Waals surface area contributed by atoms with Crippen molar-refractivity contribution in [2.24, 2.45) is 5.92 Å². The third kappa shape index (κ3) is 6.10. The van der Waals surface area contributed by atoms with Gasteiger partial charge in [0.25, 0.3) is 5.91 Å². The first kappa shape index (κ1) is 21.0. The Kier molecular flexibility index (Phi) is 6.65. The molecule has 2 aromatic rings. The van der Waals surface area contributed by atoms with Crippen molar-refractivity contribution in [2.45, 2.75) is 33.0 Å². The number of carbonyl (C=O) groups excluding carboxylic acids is 1. The van der Waals surface area contributed by atoms with E-state index in [0.29, 0.717) is 11.5 Å². The van der Waals surface area contributed by atoms with Crippen LogP contribution in [-0.4, -0.2) is 24.9 Å². The highest BCUT2D eigenvalue weighted by atomic mass is 19.4. The third-order valence-electron chi connectivity index (χ3n) is 4.03. The molecule has 0 unspecified atom stereocenters. The van der Waals surface area contributed by atoms with E-state index in [1.54, 1.807) is 6.07 Å². The largest absolute Gasteiger partial charge is 0.416 e. The van der Waals surface area contributed by atoms with Crippen LogP contribution in [0.3, 0.4) is 0 Å². The Hall–Kier alpha value is -2.34. The molecule has 3 nitrogen and oxygen atoms in total. The van der Waals surface area contributed by atoms with Crippen LogP contribution in [0.5, 0.6) is 0 Å². The predicted octanol–water partition coefficient (Wildman–Crippen LogP) is 5.22. The number of nitrogens with zero attached hydrogens (tertiary/aromatic N) is 1. The number of benzene rings is 2. The maximum atomic E-state index is 12.8. The molecule has 0 radical (unpaired) electrons. The summed E-state index contributed by atoms with van der Waals surface area (Å²) in [6.07, 6.45) is -3.62. The molecule has 0 bridgehead atoms. The standard InChI is InChI=1S/C21H25F3N2O/c1-14(2)10-17-11-15(8-9-16(17)13-26(3)4)20(27)25-19-7-5-6-18(12-19)21(22,23)24/h5-9,11-12,14H,10,13H2,1-4H3,(H,25,27). The number of anilines is 1. The van der Waals surface area contributed by atoms with Crippen molar-refractivity contribution >= 4 is 11.6 Å². The topological polar surface area (TPSA) is 32.3 Å². The molecule has 1 N–H and O–H groups in total. The first-order valence-corrected chi connectivity index (χ1v) is 8.81. The summed E-state index contributed by atoms with van der Waals surface area (Å²) in [5, 5.41) is 2.56. The van der Waals surface area contributed by atoms with Gasteiger partial charge in [0.2, 0.25) is 0 Å². The van der Waals surface area contributed by atoms with Crippen molar-refractivity contribution in [1.29, 1.82) is 0 Å². The second-order valence-corrected chi connectivity index (χ2v) is 7.35. The molecule has 0 saturated carbocycles. The molecule has 0 atom stereocenters. The summed E-state index contributed by atoms with van der Waals surface area (Å²) in [4.78, 5) is 14.6. The molecule has 146 valence electrons. The predicted molar refractivity (Wildman–Crippen MR) is 102 cm³/mol. The lowest BCUT2D eigenvalue weighted by Gasteiger charge is -2.17. The Bertz CT molecular complexity index is 798. The van der Waals surface area contributed by atoms with Gasteiger partial charge in [0.1, 0.15) is 0 Å². The lowest BCUT2D eigenvalue weighted by Crippen LogP contribution is -2.16. The van der Waals surface area contributed by atoms with Gasteiger partial charge < -0.3 is 10.2 Å². The minimum absolute atomic E-state index is 0.123. The molecule has 0 aliphatic heterocycles. The third-order valence-corrected chi connectivity index (χ3v) is 4.03. The van der Waals surface area contributed by atoms with E-state index in [9.17, 15) is 18.0 Å². The minimum Gasteiger partial charge on any atom is -0.322 e. The zero-order chi connectivity index (χ0) is 20.2. The minimum atomic E-state index is -4.45. The molecule has 2 rings (SSSR count). The van der Waals surface area contributed by atoms with Gasteiger partial charge in [-0.15, -0.1) is 0 Å². The summed E-state index contributed by atoms with van der Waals surface area (Å²) in [6.45, 7) is 4.97. The lowest BCUT2D eigenvalue weighted by atomic mass is 9.95. The molecule has 0 aromatic heterocycles. The molecule has 0 aliphatic rings. The number of halogens is 3. The highest BCUT2D eigenvalue weighted by molar-refractivity contribution is 6.04. The Morgan fingerprint density at radius 3 is 2.37 bits per heavy atom. The van der Waals surface area contributed by atoms with Crippen LogP contribution in [0, 0.1) is 5.92 Å². The van der Waals surface area contributed by atoms with Crippen LogP contribution < -0.4 is 5.32 Å². The van der Waals surface area contributed by atoms with E-state index in [0.717, 1.165) is 36.2 Å². The zero-order valence-electron chi connectivity index (χ0n) is 16.0. The molecule has 0 aliphatic carbocycles. The van der Waals surface area contributed by atoms with E-state index in [1.165, 1.54) is 12.1 Å². The second-order valence-electron chi connectivity index (χ2n) is 7.35. The quantitative estimate of drug-likeness (QED) is 0.748. The van der Waals surface area contributed by atoms with Gasteiger partial charge >= 0.3 is 6.18 Å². The number of nitrogens with one attached hydrogen (secondary N) is 1. The van der Waals surface area contributed by atoms with Gasteiger partial charge in [0, 0.05) is 17.8 Å². The number of amides is 1. The smallest absolute Gasteiger partial charge is 0.322 e. The van der Waals surface area contributed by atoms with Gasteiger partial charge in [-0.2, -0.15) is 13.2 Å². The monoisotopic (exact) mass is 378 g/mol. The maximum Gasteiger partial charge on any atom is 0.416 e. The molecular weight excluding hydrogens is 353 g/mol. The molecule has 6 heteroatoms. The highest BCUT2D eigenvalue weighted by Crippen LogP contribution is 2.30. The van der Waals surface area contributed by atoms with Crippen LogP contribution in [-0.2, 0) is 19.1 Å². The summed E-state index contributed by atoms with van der Waals surface area (Å²) in [7, 11) is 3.96. The van der Waals surface area contributed by atoms with Crippen molar-refractivity contribution in [2.75, 3.05) is 19.4 Å². The number of alkyl halides is 3. The fourth-order valence-electron chi connectivity index (χ4n) is 2.87. The molecule has 0 saturated heterocycles. The van der Waals surface area contributed by atoms with Gasteiger partial charge in [0.05, 0.1) is 5.56 Å². The van der Waals surface area contributed by atoms with Gasteiger partial charge in [-0.25, -0.2) is 0 Å². The van der Waals surface area contributed by atoms with Gasteiger partial charge in [-0.3, -0.25) is 4.79 Å². The van der Waals surface area contributed by atoms with Crippen LogP contribution in [0.25, 0.3) is 0 Å². The molecular formula is C21H25F3N2O. The molecule has 0 heterocycles. The highest BCUT2D eigenvalue weighted by Gasteiger charge is 2.30. The van der Waals surface area contributed by atoms with Crippen LogP contribution in [0.15, 0.2) is 42.5 Å². The molecule has 0 fully saturated rings. The molecule has 27 heavy (non-hydrogen) atoms. The number of hydrogen-bond donors (Lipinski definition) is 1. The Balaban J connectivity index is 2.25. The Morgan fingerprint density at radius 1 is 1.07 bits per heavy atom. The van der Waals surface area contributed by atoms with Crippen LogP contribution in [0.1, 0.15) is 40.9 Å². The van der Waals surface area contributed by atoms with Crippen LogP contribution in [0.2, 0.25) is 0 Å². The zero-order valence-corrected chi connectivity index (χ0v) is 16.0. The van der Waals surface area contributed by atoms with Gasteiger partial charge in [0.15, 0.2) is 0 Å². The summed E-state index contributed by atoms with van der Waals surface area (Å²) < 4.78 is 38.5. The van der Waals surface area contributed by atoms with Crippen LogP contribution >= 0.6 is 0 Å².